The molecule has 0 aromatic rings. The summed E-state index contributed by atoms with van der Waals surface area (Å²) in [5.41, 5.74) is 0. The minimum absolute atomic E-state index is 0.0110. The summed E-state index contributed by atoms with van der Waals surface area (Å²) in [4.78, 5) is 21.0. The third-order valence-corrected chi connectivity index (χ3v) is 2.12. The minimum Gasteiger partial charge on any atom is -0.481 e. The van der Waals surface area contributed by atoms with Crippen LogP contribution in [0.25, 0.3) is 0 Å². The predicted molar refractivity (Wildman–Crippen MR) is 59.7 cm³/mol. The lowest BCUT2D eigenvalue weighted by molar-refractivity contribution is -0.142. The summed E-state index contributed by atoms with van der Waals surface area (Å²) in [5, 5.41) is 8.53. The molecule has 0 aromatic carbocycles. The van der Waals surface area contributed by atoms with E-state index in [2.05, 4.69) is 22.5 Å². The summed E-state index contributed by atoms with van der Waals surface area (Å²) in [7, 11) is 0. The van der Waals surface area contributed by atoms with Gasteiger partial charge in [0.25, 0.3) is 0 Å². The van der Waals surface area contributed by atoms with Crippen molar-refractivity contribution in [2.45, 2.75) is 26.2 Å². The fraction of sp³-hybridized carbons (Fsp3) is 0.600. The standard InChI is InChI=1S/C10H15BrO4/c1-7(11)5-9(3-4-10(13)14)6-15-8(2)12/h9H,1,3-6H2,2H3,(H,13,14). The second-order valence-corrected chi connectivity index (χ2v) is 4.44. The van der Waals surface area contributed by atoms with Crippen LogP contribution in [0.1, 0.15) is 26.2 Å². The van der Waals surface area contributed by atoms with Gasteiger partial charge in [-0.3, -0.25) is 9.59 Å². The SMILES string of the molecule is C=C(Br)CC(CCC(=O)O)COC(C)=O. The van der Waals surface area contributed by atoms with E-state index in [-0.39, 0.29) is 24.9 Å². The van der Waals surface area contributed by atoms with Gasteiger partial charge in [-0.15, -0.1) is 0 Å². The Morgan fingerprint density at radius 3 is 2.53 bits per heavy atom. The fourth-order valence-electron chi connectivity index (χ4n) is 1.12. The summed E-state index contributed by atoms with van der Waals surface area (Å²) in [6, 6.07) is 0. The maximum atomic E-state index is 10.6. The smallest absolute Gasteiger partial charge is 0.303 e. The van der Waals surface area contributed by atoms with Crippen molar-refractivity contribution in [3.8, 4) is 0 Å². The first kappa shape index (κ1) is 14.2. The molecule has 15 heavy (non-hydrogen) atoms. The number of allylic oxidation sites excluding steroid dienone is 1. The van der Waals surface area contributed by atoms with E-state index >= 15 is 0 Å². The van der Waals surface area contributed by atoms with E-state index < -0.39 is 5.97 Å². The highest BCUT2D eigenvalue weighted by molar-refractivity contribution is 9.11. The molecule has 0 saturated carbocycles. The van der Waals surface area contributed by atoms with Crippen LogP contribution in [0, 0.1) is 5.92 Å². The molecule has 1 unspecified atom stereocenters. The van der Waals surface area contributed by atoms with Crippen LogP contribution in [0.3, 0.4) is 0 Å². The van der Waals surface area contributed by atoms with Crippen molar-refractivity contribution in [2.75, 3.05) is 6.61 Å². The summed E-state index contributed by atoms with van der Waals surface area (Å²) in [6.07, 6.45) is 1.17. The molecule has 0 aliphatic heterocycles. The Morgan fingerprint density at radius 2 is 2.13 bits per heavy atom. The number of halogens is 1. The Morgan fingerprint density at radius 1 is 1.53 bits per heavy atom. The van der Waals surface area contributed by atoms with Crippen LogP contribution in [-0.4, -0.2) is 23.7 Å². The van der Waals surface area contributed by atoms with Crippen LogP contribution in [0.4, 0.5) is 0 Å². The molecule has 0 aliphatic carbocycles. The van der Waals surface area contributed by atoms with Gasteiger partial charge >= 0.3 is 11.9 Å². The summed E-state index contributed by atoms with van der Waals surface area (Å²) >= 11 is 3.21. The largest absolute Gasteiger partial charge is 0.481 e. The van der Waals surface area contributed by atoms with Gasteiger partial charge in [0.1, 0.15) is 0 Å². The average molecular weight is 279 g/mol. The molecule has 0 bridgehead atoms. The lowest BCUT2D eigenvalue weighted by atomic mass is 10.0. The topological polar surface area (TPSA) is 63.6 Å². The van der Waals surface area contributed by atoms with E-state index in [1.54, 1.807) is 0 Å². The average Bonchev–Trinajstić information content (AvgIpc) is 2.08. The maximum absolute atomic E-state index is 10.6. The van der Waals surface area contributed by atoms with Crippen molar-refractivity contribution in [1.29, 1.82) is 0 Å². The molecule has 4 nitrogen and oxygen atoms in total. The number of carboxylic acid groups (broad SMARTS) is 1. The van der Waals surface area contributed by atoms with E-state index in [1.807, 2.05) is 0 Å². The predicted octanol–water partition coefficient (Wildman–Crippen LogP) is 2.33. The molecular formula is C10H15BrO4. The first-order valence-electron chi connectivity index (χ1n) is 4.60. The number of carbonyl (C=O) groups is 2. The van der Waals surface area contributed by atoms with Crippen LogP contribution in [-0.2, 0) is 14.3 Å². The first-order chi connectivity index (χ1) is 6.91. The minimum atomic E-state index is -0.844. The number of aliphatic carboxylic acids is 1. The number of hydrogen-bond acceptors (Lipinski definition) is 3. The molecular weight excluding hydrogens is 264 g/mol. The van der Waals surface area contributed by atoms with Crippen LogP contribution in [0.15, 0.2) is 11.1 Å². The van der Waals surface area contributed by atoms with Crippen molar-refractivity contribution in [1.82, 2.24) is 0 Å². The highest BCUT2D eigenvalue weighted by atomic mass is 79.9. The second kappa shape index (κ2) is 7.45. The van der Waals surface area contributed by atoms with Gasteiger partial charge in [0, 0.05) is 13.3 Å². The Kier molecular flexibility index (Phi) is 7.03. The van der Waals surface area contributed by atoms with Crippen LogP contribution >= 0.6 is 15.9 Å². The van der Waals surface area contributed by atoms with E-state index in [0.717, 1.165) is 4.48 Å². The number of ether oxygens (including phenoxy) is 1. The summed E-state index contributed by atoms with van der Waals surface area (Å²) in [5.74, 6) is -1.18. The first-order valence-corrected chi connectivity index (χ1v) is 5.39. The van der Waals surface area contributed by atoms with E-state index in [9.17, 15) is 9.59 Å². The normalized spacial score (nSPS) is 11.9. The Balaban J connectivity index is 3.99. The van der Waals surface area contributed by atoms with E-state index in [4.69, 9.17) is 9.84 Å². The summed E-state index contributed by atoms with van der Waals surface area (Å²) in [6.45, 7) is 5.25. The van der Waals surface area contributed by atoms with Crippen molar-refractivity contribution in [3.63, 3.8) is 0 Å². The molecule has 0 amide bonds. The number of rotatable bonds is 7. The molecule has 1 N–H and O–H groups in total. The highest BCUT2D eigenvalue weighted by Gasteiger charge is 2.13. The molecule has 0 radical (unpaired) electrons. The molecule has 86 valence electrons. The molecule has 0 heterocycles. The fourth-order valence-corrected chi connectivity index (χ4v) is 1.58. The van der Waals surface area contributed by atoms with Gasteiger partial charge in [-0.1, -0.05) is 22.5 Å². The zero-order valence-corrected chi connectivity index (χ0v) is 10.2. The van der Waals surface area contributed by atoms with Crippen LogP contribution in [0.2, 0.25) is 0 Å². The van der Waals surface area contributed by atoms with E-state index in [0.29, 0.717) is 12.8 Å². The Bertz CT molecular complexity index is 232. The molecule has 0 aliphatic rings. The van der Waals surface area contributed by atoms with Crippen LogP contribution < -0.4 is 0 Å². The Hall–Kier alpha value is -0.840. The van der Waals surface area contributed by atoms with E-state index in [1.165, 1.54) is 6.92 Å². The van der Waals surface area contributed by atoms with Gasteiger partial charge in [-0.05, 0) is 23.2 Å². The van der Waals surface area contributed by atoms with Crippen molar-refractivity contribution in [2.24, 2.45) is 5.92 Å². The maximum Gasteiger partial charge on any atom is 0.303 e. The van der Waals surface area contributed by atoms with Crippen molar-refractivity contribution in [3.05, 3.63) is 11.1 Å². The number of carbonyl (C=O) groups excluding carboxylic acids is 1. The van der Waals surface area contributed by atoms with Gasteiger partial charge < -0.3 is 9.84 Å². The quantitative estimate of drug-likeness (QED) is 0.726. The molecule has 0 spiro atoms. The molecule has 0 aromatic heterocycles. The van der Waals surface area contributed by atoms with Gasteiger partial charge in [0.2, 0.25) is 0 Å². The number of hydrogen-bond donors (Lipinski definition) is 1. The van der Waals surface area contributed by atoms with Gasteiger partial charge in [-0.2, -0.15) is 0 Å². The molecule has 0 fully saturated rings. The zero-order chi connectivity index (χ0) is 11.8. The number of carboxylic acids is 1. The second-order valence-electron chi connectivity index (χ2n) is 3.32. The molecule has 0 saturated heterocycles. The Labute approximate surface area is 97.4 Å². The lowest BCUT2D eigenvalue weighted by Crippen LogP contribution is -2.14. The third-order valence-electron chi connectivity index (χ3n) is 1.80. The number of esters is 1. The zero-order valence-electron chi connectivity index (χ0n) is 8.66. The molecule has 0 rings (SSSR count). The van der Waals surface area contributed by atoms with Crippen molar-refractivity contribution < 1.29 is 19.4 Å². The van der Waals surface area contributed by atoms with Gasteiger partial charge in [0.15, 0.2) is 0 Å². The third kappa shape index (κ3) is 9.46. The molecule has 1 atom stereocenters. The lowest BCUT2D eigenvalue weighted by Gasteiger charge is -2.14. The van der Waals surface area contributed by atoms with Crippen LogP contribution in [0.5, 0.6) is 0 Å². The molecule has 5 heteroatoms. The van der Waals surface area contributed by atoms with Crippen molar-refractivity contribution >= 4 is 27.9 Å². The summed E-state index contributed by atoms with van der Waals surface area (Å²) < 4.78 is 5.63. The highest BCUT2D eigenvalue weighted by Crippen LogP contribution is 2.20. The monoisotopic (exact) mass is 278 g/mol. The van der Waals surface area contributed by atoms with Gasteiger partial charge in [-0.25, -0.2) is 0 Å². The van der Waals surface area contributed by atoms with Gasteiger partial charge in [0.05, 0.1) is 6.61 Å².